The largest absolute Gasteiger partial charge is 0.456 e. The molecule has 0 spiro atoms. The number of ether oxygens (including phenoxy) is 1. The number of hydrogen-bond acceptors (Lipinski definition) is 6. The van der Waals surface area contributed by atoms with Crippen molar-refractivity contribution < 1.29 is 19.1 Å². The Morgan fingerprint density at radius 3 is 2.79 bits per heavy atom. The lowest BCUT2D eigenvalue weighted by atomic mass is 10.3. The second kappa shape index (κ2) is 8.25. The van der Waals surface area contributed by atoms with Crippen LogP contribution in [-0.2, 0) is 20.9 Å². The third-order valence-corrected chi connectivity index (χ3v) is 4.14. The number of benzene rings is 1. The Kier molecular flexibility index (Phi) is 6.07. The molecule has 2 rings (SSSR count). The van der Waals surface area contributed by atoms with Gasteiger partial charge in [-0.05, 0) is 12.1 Å². The molecule has 0 saturated carbocycles. The van der Waals surface area contributed by atoms with Crippen molar-refractivity contribution in [2.45, 2.75) is 13.0 Å². The maximum Gasteiger partial charge on any atom is 0.312 e. The van der Waals surface area contributed by atoms with Crippen molar-refractivity contribution in [3.63, 3.8) is 0 Å². The number of carbonyl (C=O) groups excluding carboxylic acids is 3. The molecule has 0 bridgehead atoms. The van der Waals surface area contributed by atoms with Gasteiger partial charge in [-0.3, -0.25) is 9.59 Å². The van der Waals surface area contributed by atoms with E-state index in [4.69, 9.17) is 10.5 Å². The van der Waals surface area contributed by atoms with E-state index in [9.17, 15) is 14.4 Å². The number of esters is 1. The summed E-state index contributed by atoms with van der Waals surface area (Å²) in [7, 11) is 1.62. The molecule has 0 unspecified atom stereocenters. The molecule has 3 amide bonds. The van der Waals surface area contributed by atoms with Crippen molar-refractivity contribution in [3.05, 3.63) is 29.3 Å². The lowest BCUT2D eigenvalue weighted by Crippen LogP contribution is -2.33. The van der Waals surface area contributed by atoms with E-state index in [1.54, 1.807) is 7.05 Å². The number of thiazole rings is 1. The van der Waals surface area contributed by atoms with Crippen LogP contribution < -0.4 is 11.1 Å². The number of likely N-dealkylation sites (N-methyl/N-ethyl adjacent to an activating group) is 1. The Labute approximate surface area is 142 Å². The Bertz CT molecular complexity index is 713. The summed E-state index contributed by atoms with van der Waals surface area (Å²) in [5.74, 6) is -0.907. The third-order valence-electron chi connectivity index (χ3n) is 3.12. The summed E-state index contributed by atoms with van der Waals surface area (Å²) in [4.78, 5) is 39.8. The summed E-state index contributed by atoms with van der Waals surface area (Å²) in [6.45, 7) is 0.0691. The Hall–Kier alpha value is -2.68. The van der Waals surface area contributed by atoms with E-state index in [0.717, 1.165) is 15.2 Å². The number of para-hydroxylation sites is 1. The molecule has 0 atom stereocenters. The van der Waals surface area contributed by atoms with Crippen molar-refractivity contribution in [3.8, 4) is 0 Å². The minimum atomic E-state index is -0.713. The number of carbonyl (C=O) groups is 3. The summed E-state index contributed by atoms with van der Waals surface area (Å²) >= 11 is 1.52. The molecule has 0 aliphatic heterocycles. The summed E-state index contributed by atoms with van der Waals surface area (Å²) in [6, 6.07) is 7.02. The van der Waals surface area contributed by atoms with E-state index < -0.39 is 12.0 Å². The van der Waals surface area contributed by atoms with Gasteiger partial charge < -0.3 is 20.7 Å². The van der Waals surface area contributed by atoms with Crippen LogP contribution in [0.1, 0.15) is 11.4 Å². The quantitative estimate of drug-likeness (QED) is 0.719. The van der Waals surface area contributed by atoms with Gasteiger partial charge in [-0.2, -0.15) is 0 Å². The fourth-order valence-corrected chi connectivity index (χ4v) is 2.91. The van der Waals surface area contributed by atoms with Crippen LogP contribution in [0.15, 0.2) is 24.3 Å². The molecule has 1 heterocycles. The number of rotatable bonds is 7. The summed E-state index contributed by atoms with van der Waals surface area (Å²) in [6.07, 6.45) is -0.0438. The van der Waals surface area contributed by atoms with Crippen LogP contribution in [0.5, 0.6) is 0 Å². The molecule has 1 aromatic carbocycles. The van der Waals surface area contributed by atoms with Gasteiger partial charge in [0.15, 0.2) is 6.61 Å². The van der Waals surface area contributed by atoms with E-state index in [0.29, 0.717) is 6.54 Å². The van der Waals surface area contributed by atoms with E-state index in [1.807, 2.05) is 24.3 Å². The molecule has 24 heavy (non-hydrogen) atoms. The molecule has 2 aromatic rings. The molecule has 128 valence electrons. The highest BCUT2D eigenvalue weighted by atomic mass is 32.1. The van der Waals surface area contributed by atoms with Crippen molar-refractivity contribution in [1.29, 1.82) is 0 Å². The van der Waals surface area contributed by atoms with Gasteiger partial charge >= 0.3 is 12.0 Å². The highest BCUT2D eigenvalue weighted by Gasteiger charge is 2.14. The molecule has 0 aliphatic carbocycles. The van der Waals surface area contributed by atoms with Crippen LogP contribution in [0.4, 0.5) is 4.79 Å². The second-order valence-electron chi connectivity index (χ2n) is 5.03. The molecule has 0 saturated heterocycles. The minimum Gasteiger partial charge on any atom is -0.456 e. The predicted octanol–water partition coefficient (Wildman–Crippen LogP) is 0.856. The zero-order valence-electron chi connectivity index (χ0n) is 13.2. The van der Waals surface area contributed by atoms with E-state index in [1.165, 1.54) is 16.2 Å². The number of hydrogen-bond donors (Lipinski definition) is 2. The highest BCUT2D eigenvalue weighted by molar-refractivity contribution is 7.18. The zero-order chi connectivity index (χ0) is 17.5. The number of fused-ring (bicyclic) bond motifs is 1. The molecular weight excluding hydrogens is 332 g/mol. The van der Waals surface area contributed by atoms with Gasteiger partial charge in [0, 0.05) is 13.6 Å². The molecular formula is C15H18N4O4S. The summed E-state index contributed by atoms with van der Waals surface area (Å²) < 4.78 is 5.92. The van der Waals surface area contributed by atoms with Crippen molar-refractivity contribution >= 4 is 39.5 Å². The zero-order valence-corrected chi connectivity index (χ0v) is 14.0. The first-order chi connectivity index (χ1) is 11.5. The SMILES string of the molecule is CN(Cc1nc2ccccc2s1)C(=O)COC(=O)CCNC(N)=O. The molecule has 9 heteroatoms. The first-order valence-corrected chi connectivity index (χ1v) is 8.04. The number of urea groups is 1. The van der Waals surface area contributed by atoms with Crippen LogP contribution in [-0.4, -0.2) is 48.0 Å². The van der Waals surface area contributed by atoms with Crippen LogP contribution in [0.2, 0.25) is 0 Å². The lowest BCUT2D eigenvalue weighted by molar-refractivity contribution is -0.151. The molecule has 3 N–H and O–H groups in total. The van der Waals surface area contributed by atoms with Crippen molar-refractivity contribution in [2.24, 2.45) is 5.73 Å². The van der Waals surface area contributed by atoms with Gasteiger partial charge in [0.2, 0.25) is 0 Å². The third kappa shape index (κ3) is 5.20. The van der Waals surface area contributed by atoms with Crippen LogP contribution >= 0.6 is 11.3 Å². The Balaban J connectivity index is 1.77. The number of aromatic nitrogens is 1. The van der Waals surface area contributed by atoms with Gasteiger partial charge in [0.25, 0.3) is 5.91 Å². The number of amides is 3. The summed E-state index contributed by atoms with van der Waals surface area (Å²) in [5, 5.41) is 3.08. The number of nitrogens with two attached hydrogens (primary N) is 1. The first kappa shape index (κ1) is 17.7. The van der Waals surface area contributed by atoms with Crippen molar-refractivity contribution in [1.82, 2.24) is 15.2 Å². The Morgan fingerprint density at radius 1 is 1.33 bits per heavy atom. The Morgan fingerprint density at radius 2 is 2.08 bits per heavy atom. The number of nitrogens with one attached hydrogen (secondary N) is 1. The van der Waals surface area contributed by atoms with E-state index >= 15 is 0 Å². The van der Waals surface area contributed by atoms with Gasteiger partial charge in [0.05, 0.1) is 23.2 Å². The molecule has 1 aromatic heterocycles. The molecule has 0 fully saturated rings. The van der Waals surface area contributed by atoms with Crippen LogP contribution in [0.3, 0.4) is 0 Å². The van der Waals surface area contributed by atoms with Crippen LogP contribution in [0.25, 0.3) is 10.2 Å². The smallest absolute Gasteiger partial charge is 0.312 e. The van der Waals surface area contributed by atoms with E-state index in [-0.39, 0.29) is 25.5 Å². The van der Waals surface area contributed by atoms with Gasteiger partial charge in [-0.25, -0.2) is 9.78 Å². The first-order valence-electron chi connectivity index (χ1n) is 7.23. The average molecular weight is 350 g/mol. The second-order valence-corrected chi connectivity index (χ2v) is 6.14. The normalized spacial score (nSPS) is 10.4. The summed E-state index contributed by atoms with van der Waals surface area (Å²) in [5.41, 5.74) is 5.77. The maximum atomic E-state index is 12.0. The minimum absolute atomic E-state index is 0.0438. The van der Waals surface area contributed by atoms with Gasteiger partial charge in [0.1, 0.15) is 5.01 Å². The predicted molar refractivity (Wildman–Crippen MR) is 89.3 cm³/mol. The standard InChI is InChI=1S/C15H18N4O4S/c1-19(8-12-18-10-4-2-3-5-11(10)24-12)13(20)9-23-14(21)6-7-17-15(16)22/h2-5H,6-9H2,1H3,(H3,16,17,22). The highest BCUT2D eigenvalue weighted by Crippen LogP contribution is 2.22. The topological polar surface area (TPSA) is 115 Å². The fraction of sp³-hybridized carbons (Fsp3) is 0.333. The van der Waals surface area contributed by atoms with Gasteiger partial charge in [-0.15, -0.1) is 11.3 Å². The monoisotopic (exact) mass is 350 g/mol. The van der Waals surface area contributed by atoms with Crippen molar-refractivity contribution in [2.75, 3.05) is 20.2 Å². The number of primary amides is 1. The molecule has 0 aliphatic rings. The van der Waals surface area contributed by atoms with Crippen LogP contribution in [0, 0.1) is 0 Å². The number of nitrogens with zero attached hydrogens (tertiary/aromatic N) is 2. The lowest BCUT2D eigenvalue weighted by Gasteiger charge is -2.15. The average Bonchev–Trinajstić information content (AvgIpc) is 2.94. The fourth-order valence-electron chi connectivity index (χ4n) is 1.89. The molecule has 8 nitrogen and oxygen atoms in total. The van der Waals surface area contributed by atoms with E-state index in [2.05, 4.69) is 10.3 Å². The molecule has 0 radical (unpaired) electrons. The van der Waals surface area contributed by atoms with Gasteiger partial charge in [-0.1, -0.05) is 12.1 Å². The maximum absolute atomic E-state index is 12.0.